The molecule has 1 atom stereocenters. The van der Waals surface area contributed by atoms with E-state index in [1.54, 1.807) is 0 Å². The average molecular weight is 465 g/mol. The second kappa shape index (κ2) is 11.0. The first-order valence-corrected chi connectivity index (χ1v) is 13.8. The van der Waals surface area contributed by atoms with Gasteiger partial charge in [-0.15, -0.1) is 0 Å². The Bertz CT molecular complexity index is 498. The first-order chi connectivity index (χ1) is 14.0. The van der Waals surface area contributed by atoms with Crippen molar-refractivity contribution >= 4 is 8.41 Å². The Balaban J connectivity index is 1.74. The molecular weight excluding hydrogens is 429 g/mol. The molecule has 30 heavy (non-hydrogen) atoms. The lowest BCUT2D eigenvalue weighted by molar-refractivity contribution is -0.348. The standard InChI is InChI=1S/C21H35F7OSi/c1-2-3-4-5-6-7-16-8-10-18(11-9-16)30(28)14-12-17(13-15-30)29-21(26,27)19(22)20(23,24)25/h16-19H,2-15H2,1H3. The van der Waals surface area contributed by atoms with Gasteiger partial charge in [-0.05, 0) is 36.4 Å². The molecule has 1 aliphatic heterocycles. The van der Waals surface area contributed by atoms with Gasteiger partial charge >= 0.3 is 12.3 Å². The lowest BCUT2D eigenvalue weighted by Gasteiger charge is -2.41. The van der Waals surface area contributed by atoms with E-state index >= 15 is 4.11 Å². The van der Waals surface area contributed by atoms with Crippen molar-refractivity contribution in [2.45, 2.75) is 126 Å². The molecule has 1 aliphatic carbocycles. The quantitative estimate of drug-likeness (QED) is 0.136. The summed E-state index contributed by atoms with van der Waals surface area (Å²) >= 11 is 0. The van der Waals surface area contributed by atoms with Gasteiger partial charge < -0.3 is 8.84 Å². The highest BCUT2D eigenvalue weighted by Gasteiger charge is 2.59. The molecule has 0 aromatic carbocycles. The summed E-state index contributed by atoms with van der Waals surface area (Å²) in [6.07, 6.45) is -5.27. The van der Waals surface area contributed by atoms with Crippen LogP contribution in [0.4, 0.5) is 30.5 Å². The van der Waals surface area contributed by atoms with Crippen LogP contribution in [0.3, 0.4) is 0 Å². The van der Waals surface area contributed by atoms with Crippen LogP contribution in [-0.2, 0) is 4.74 Å². The van der Waals surface area contributed by atoms with Crippen molar-refractivity contribution in [1.29, 1.82) is 0 Å². The lowest BCUT2D eigenvalue weighted by Crippen LogP contribution is -2.48. The van der Waals surface area contributed by atoms with Crippen LogP contribution < -0.4 is 0 Å². The molecular formula is C21H35F7OSi. The summed E-state index contributed by atoms with van der Waals surface area (Å²) in [4.78, 5) is 0. The fourth-order valence-electron chi connectivity index (χ4n) is 5.07. The summed E-state index contributed by atoms with van der Waals surface area (Å²) in [5, 5.41) is 0. The maximum absolute atomic E-state index is 15.6. The van der Waals surface area contributed by atoms with Crippen LogP contribution in [0.1, 0.15) is 84.0 Å². The number of halogens is 7. The highest BCUT2D eigenvalue weighted by atomic mass is 28.4. The summed E-state index contributed by atoms with van der Waals surface area (Å²) in [7, 11) is -3.14. The van der Waals surface area contributed by atoms with Gasteiger partial charge in [-0.25, -0.2) is 4.39 Å². The van der Waals surface area contributed by atoms with Crippen molar-refractivity contribution in [3.63, 3.8) is 0 Å². The Hall–Kier alpha value is -0.313. The summed E-state index contributed by atoms with van der Waals surface area (Å²) < 4.78 is 96.4. The first-order valence-electron chi connectivity index (χ1n) is 11.4. The number of hydrogen-bond acceptors (Lipinski definition) is 1. The van der Waals surface area contributed by atoms with Gasteiger partial charge in [-0.1, -0.05) is 71.1 Å². The molecule has 1 heterocycles. The van der Waals surface area contributed by atoms with E-state index < -0.39 is 33.0 Å². The summed E-state index contributed by atoms with van der Waals surface area (Å²) in [6.45, 7) is 2.18. The molecule has 0 aromatic rings. The molecule has 1 saturated carbocycles. The molecule has 2 aliphatic rings. The first kappa shape index (κ1) is 25.9. The van der Waals surface area contributed by atoms with Crippen molar-refractivity contribution in [2.75, 3.05) is 0 Å². The third-order valence-electron chi connectivity index (χ3n) is 6.96. The molecule has 1 unspecified atom stereocenters. The van der Waals surface area contributed by atoms with Crippen molar-refractivity contribution in [2.24, 2.45) is 5.92 Å². The third kappa shape index (κ3) is 7.38. The average Bonchev–Trinajstić information content (AvgIpc) is 2.69. The Morgan fingerprint density at radius 1 is 0.867 bits per heavy atom. The highest BCUT2D eigenvalue weighted by molar-refractivity contribution is 6.74. The SMILES string of the molecule is CCCCCCCC1CCC([Si]2(F)CCC(OC(F)(F)C(F)C(F)(F)F)CC2)CC1. The largest absolute Gasteiger partial charge is 0.428 e. The Morgan fingerprint density at radius 2 is 1.43 bits per heavy atom. The zero-order valence-corrected chi connectivity index (χ0v) is 18.8. The van der Waals surface area contributed by atoms with E-state index in [0.29, 0.717) is 5.92 Å². The monoisotopic (exact) mass is 464 g/mol. The maximum atomic E-state index is 15.6. The molecule has 1 saturated heterocycles. The number of unbranched alkanes of at least 4 members (excludes halogenated alkanes) is 4. The molecule has 178 valence electrons. The van der Waals surface area contributed by atoms with Crippen molar-refractivity contribution in [3.05, 3.63) is 0 Å². The number of ether oxygens (including phenoxy) is 1. The molecule has 2 fully saturated rings. The van der Waals surface area contributed by atoms with Gasteiger partial charge in [0.2, 0.25) is 8.41 Å². The van der Waals surface area contributed by atoms with E-state index in [1.165, 1.54) is 38.5 Å². The normalized spacial score (nSPS) is 32.2. The molecule has 2 rings (SSSR count). The smallest absolute Gasteiger partial charge is 0.315 e. The topological polar surface area (TPSA) is 9.23 Å². The Labute approximate surface area is 176 Å². The lowest BCUT2D eigenvalue weighted by atomic mass is 9.85. The summed E-state index contributed by atoms with van der Waals surface area (Å²) in [5.74, 6) is 0.641. The Kier molecular flexibility index (Phi) is 9.52. The predicted octanol–water partition coefficient (Wildman–Crippen LogP) is 8.49. The zero-order chi connectivity index (χ0) is 22.4. The van der Waals surface area contributed by atoms with Crippen LogP contribution in [0.2, 0.25) is 17.6 Å². The van der Waals surface area contributed by atoms with Gasteiger partial charge in [0, 0.05) is 0 Å². The summed E-state index contributed by atoms with van der Waals surface area (Å²) in [6, 6.07) is 0.228. The van der Waals surface area contributed by atoms with E-state index in [1.807, 2.05) is 0 Å². The highest BCUT2D eigenvalue weighted by Crippen LogP contribution is 2.49. The molecule has 9 heteroatoms. The summed E-state index contributed by atoms with van der Waals surface area (Å²) in [5.41, 5.74) is -0.000555. The third-order valence-corrected chi connectivity index (χ3v) is 11.2. The molecule has 0 bridgehead atoms. The Morgan fingerprint density at radius 3 is 1.97 bits per heavy atom. The molecule has 0 N–H and O–H groups in total. The molecule has 0 amide bonds. The van der Waals surface area contributed by atoms with Gasteiger partial charge in [0.05, 0.1) is 6.10 Å². The molecule has 1 nitrogen and oxygen atoms in total. The van der Waals surface area contributed by atoms with E-state index in [-0.39, 0.29) is 30.5 Å². The predicted molar refractivity (Wildman–Crippen MR) is 106 cm³/mol. The minimum Gasteiger partial charge on any atom is -0.315 e. The van der Waals surface area contributed by atoms with E-state index in [2.05, 4.69) is 11.7 Å². The minimum atomic E-state index is -5.69. The van der Waals surface area contributed by atoms with Crippen LogP contribution in [0, 0.1) is 5.92 Å². The van der Waals surface area contributed by atoms with Crippen molar-refractivity contribution in [3.8, 4) is 0 Å². The van der Waals surface area contributed by atoms with Gasteiger partial charge in [0.25, 0.3) is 6.17 Å². The van der Waals surface area contributed by atoms with E-state index in [4.69, 9.17) is 0 Å². The van der Waals surface area contributed by atoms with Gasteiger partial charge in [0.15, 0.2) is 0 Å². The van der Waals surface area contributed by atoms with Crippen molar-refractivity contribution in [1.82, 2.24) is 0 Å². The molecule has 0 aromatic heterocycles. The van der Waals surface area contributed by atoms with Crippen LogP contribution >= 0.6 is 0 Å². The minimum absolute atomic E-state index is 0.000555. The van der Waals surface area contributed by atoms with E-state index in [9.17, 15) is 26.3 Å². The van der Waals surface area contributed by atoms with Crippen LogP contribution in [0.15, 0.2) is 0 Å². The van der Waals surface area contributed by atoms with Gasteiger partial charge in [-0.2, -0.15) is 22.0 Å². The fraction of sp³-hybridized carbons (Fsp3) is 1.00. The van der Waals surface area contributed by atoms with Crippen LogP contribution in [0.25, 0.3) is 0 Å². The van der Waals surface area contributed by atoms with Crippen LogP contribution in [0.5, 0.6) is 0 Å². The van der Waals surface area contributed by atoms with E-state index in [0.717, 1.165) is 25.7 Å². The fourth-order valence-corrected chi connectivity index (χ4v) is 9.11. The number of rotatable bonds is 10. The zero-order valence-electron chi connectivity index (χ0n) is 17.8. The number of alkyl halides is 6. The second-order valence-corrected chi connectivity index (χ2v) is 13.1. The second-order valence-electron chi connectivity index (χ2n) is 9.24. The van der Waals surface area contributed by atoms with Crippen LogP contribution in [-0.4, -0.2) is 33.0 Å². The van der Waals surface area contributed by atoms with Crippen molar-refractivity contribution < 1.29 is 35.2 Å². The number of hydrogen-bond donors (Lipinski definition) is 0. The maximum Gasteiger partial charge on any atom is 0.428 e. The van der Waals surface area contributed by atoms with Gasteiger partial charge in [0.1, 0.15) is 0 Å². The molecule has 0 spiro atoms. The molecule has 0 radical (unpaired) electrons. The van der Waals surface area contributed by atoms with Gasteiger partial charge in [-0.3, -0.25) is 0 Å².